The molecule has 3 heteroatoms. The number of likely N-dealkylation sites (tertiary alicyclic amines) is 1. The maximum atomic E-state index is 10.7. The highest BCUT2D eigenvalue weighted by Gasteiger charge is 2.17. The molecule has 0 spiro atoms. The molecule has 2 nitrogen and oxygen atoms in total. The molecule has 1 aliphatic heterocycles. The van der Waals surface area contributed by atoms with Gasteiger partial charge in [0.15, 0.2) is 0 Å². The fourth-order valence-corrected chi connectivity index (χ4v) is 3.15. The highest BCUT2D eigenvalue weighted by molar-refractivity contribution is 7.99. The van der Waals surface area contributed by atoms with Crippen molar-refractivity contribution < 1.29 is 4.79 Å². The normalized spacial score (nSPS) is 17.8. The van der Waals surface area contributed by atoms with Gasteiger partial charge in [-0.2, -0.15) is 0 Å². The van der Waals surface area contributed by atoms with E-state index in [2.05, 4.69) is 36.1 Å². The Morgan fingerprint density at radius 1 is 1.28 bits per heavy atom. The SMILES string of the molecule is Cc1ccc(SCCN2CCC(C=O)CC2)cc1. The predicted molar refractivity (Wildman–Crippen MR) is 77.1 cm³/mol. The number of hydrogen-bond donors (Lipinski definition) is 0. The molecule has 1 saturated heterocycles. The summed E-state index contributed by atoms with van der Waals surface area (Å²) in [7, 11) is 0. The summed E-state index contributed by atoms with van der Waals surface area (Å²) in [5.41, 5.74) is 1.32. The van der Waals surface area contributed by atoms with Gasteiger partial charge in [-0.3, -0.25) is 0 Å². The van der Waals surface area contributed by atoms with Crippen LogP contribution in [0.25, 0.3) is 0 Å². The Balaban J connectivity index is 1.67. The fraction of sp³-hybridized carbons (Fsp3) is 0.533. The molecule has 1 aliphatic rings. The molecule has 0 unspecified atom stereocenters. The summed E-state index contributed by atoms with van der Waals surface area (Å²) in [6.45, 7) is 5.41. The molecule has 0 N–H and O–H groups in total. The van der Waals surface area contributed by atoms with Crippen molar-refractivity contribution in [2.24, 2.45) is 5.92 Å². The van der Waals surface area contributed by atoms with Gasteiger partial charge in [0, 0.05) is 23.1 Å². The number of nitrogens with zero attached hydrogens (tertiary/aromatic N) is 1. The number of aryl methyl sites for hydroxylation is 1. The molecule has 1 aromatic carbocycles. The van der Waals surface area contributed by atoms with Crippen molar-refractivity contribution in [3.63, 3.8) is 0 Å². The third-order valence-corrected chi connectivity index (χ3v) is 4.51. The van der Waals surface area contributed by atoms with Gasteiger partial charge in [0.2, 0.25) is 0 Å². The van der Waals surface area contributed by atoms with Crippen LogP contribution in [0.1, 0.15) is 18.4 Å². The van der Waals surface area contributed by atoms with Gasteiger partial charge in [-0.25, -0.2) is 0 Å². The van der Waals surface area contributed by atoms with Crippen LogP contribution >= 0.6 is 11.8 Å². The van der Waals surface area contributed by atoms with Crippen LogP contribution in [0.2, 0.25) is 0 Å². The van der Waals surface area contributed by atoms with E-state index in [0.29, 0.717) is 5.92 Å². The van der Waals surface area contributed by atoms with E-state index in [4.69, 9.17) is 0 Å². The number of thioether (sulfide) groups is 1. The molecule has 2 rings (SSSR count). The van der Waals surface area contributed by atoms with Crippen molar-refractivity contribution in [1.82, 2.24) is 4.90 Å². The Kier molecular flexibility index (Phi) is 5.26. The Bertz CT molecular complexity index is 369. The average Bonchev–Trinajstić information content (AvgIpc) is 2.42. The minimum atomic E-state index is 0.311. The molecular formula is C15H21NOS. The van der Waals surface area contributed by atoms with Gasteiger partial charge in [0.1, 0.15) is 6.29 Å². The van der Waals surface area contributed by atoms with E-state index in [0.717, 1.165) is 44.5 Å². The first-order valence-corrected chi connectivity index (χ1v) is 7.63. The Morgan fingerprint density at radius 3 is 2.56 bits per heavy atom. The lowest BCUT2D eigenvalue weighted by atomic mass is 9.99. The van der Waals surface area contributed by atoms with Gasteiger partial charge in [-0.15, -0.1) is 11.8 Å². The van der Waals surface area contributed by atoms with E-state index in [9.17, 15) is 4.79 Å². The molecule has 0 bridgehead atoms. The summed E-state index contributed by atoms with van der Waals surface area (Å²) >= 11 is 1.92. The van der Waals surface area contributed by atoms with E-state index in [1.165, 1.54) is 10.5 Å². The van der Waals surface area contributed by atoms with E-state index < -0.39 is 0 Å². The number of benzene rings is 1. The third kappa shape index (κ3) is 4.14. The van der Waals surface area contributed by atoms with Crippen LogP contribution in [0.4, 0.5) is 0 Å². The van der Waals surface area contributed by atoms with Crippen molar-refractivity contribution in [3.05, 3.63) is 29.8 Å². The second-order valence-corrected chi connectivity index (χ2v) is 6.14. The average molecular weight is 263 g/mol. The summed E-state index contributed by atoms with van der Waals surface area (Å²) in [5.74, 6) is 1.44. The monoisotopic (exact) mass is 263 g/mol. The van der Waals surface area contributed by atoms with Crippen molar-refractivity contribution in [3.8, 4) is 0 Å². The summed E-state index contributed by atoms with van der Waals surface area (Å²) in [6.07, 6.45) is 3.20. The van der Waals surface area contributed by atoms with Gasteiger partial charge < -0.3 is 9.69 Å². The highest BCUT2D eigenvalue weighted by Crippen LogP contribution is 2.20. The first kappa shape index (κ1) is 13.6. The molecule has 0 radical (unpaired) electrons. The van der Waals surface area contributed by atoms with Crippen LogP contribution < -0.4 is 0 Å². The third-order valence-electron chi connectivity index (χ3n) is 3.52. The topological polar surface area (TPSA) is 20.3 Å². The molecule has 0 aromatic heterocycles. The van der Waals surface area contributed by atoms with Gasteiger partial charge in [0.05, 0.1) is 0 Å². The number of aldehydes is 1. The molecule has 0 aliphatic carbocycles. The maximum absolute atomic E-state index is 10.7. The van der Waals surface area contributed by atoms with Crippen LogP contribution in [-0.2, 0) is 4.79 Å². The molecule has 1 heterocycles. The van der Waals surface area contributed by atoms with E-state index in [1.807, 2.05) is 11.8 Å². The van der Waals surface area contributed by atoms with Crippen LogP contribution in [-0.4, -0.2) is 36.6 Å². The number of rotatable bonds is 5. The van der Waals surface area contributed by atoms with Crippen LogP contribution in [0.3, 0.4) is 0 Å². The molecule has 98 valence electrons. The Morgan fingerprint density at radius 2 is 1.94 bits per heavy atom. The summed E-state index contributed by atoms with van der Waals surface area (Å²) in [5, 5.41) is 0. The summed E-state index contributed by atoms with van der Waals surface area (Å²) in [6, 6.07) is 8.72. The van der Waals surface area contributed by atoms with E-state index >= 15 is 0 Å². The fourth-order valence-electron chi connectivity index (χ4n) is 2.24. The van der Waals surface area contributed by atoms with Gasteiger partial charge in [-0.1, -0.05) is 17.7 Å². The van der Waals surface area contributed by atoms with Gasteiger partial charge >= 0.3 is 0 Å². The molecule has 0 saturated carbocycles. The summed E-state index contributed by atoms with van der Waals surface area (Å²) in [4.78, 5) is 14.5. The first-order chi connectivity index (χ1) is 8.78. The van der Waals surface area contributed by atoms with Gasteiger partial charge in [-0.05, 0) is 45.0 Å². The number of hydrogen-bond acceptors (Lipinski definition) is 3. The van der Waals surface area contributed by atoms with Crippen LogP contribution in [0.15, 0.2) is 29.2 Å². The largest absolute Gasteiger partial charge is 0.303 e. The lowest BCUT2D eigenvalue weighted by molar-refractivity contribution is -0.112. The predicted octanol–water partition coefficient (Wildman–Crippen LogP) is 3.00. The number of carbonyl (C=O) groups is 1. The van der Waals surface area contributed by atoms with Crippen molar-refractivity contribution >= 4 is 18.0 Å². The minimum Gasteiger partial charge on any atom is -0.303 e. The van der Waals surface area contributed by atoms with Crippen molar-refractivity contribution in [2.75, 3.05) is 25.4 Å². The minimum absolute atomic E-state index is 0.311. The van der Waals surface area contributed by atoms with Gasteiger partial charge in [0.25, 0.3) is 0 Å². The lowest BCUT2D eigenvalue weighted by Crippen LogP contribution is -2.35. The van der Waals surface area contributed by atoms with Crippen molar-refractivity contribution in [2.45, 2.75) is 24.7 Å². The summed E-state index contributed by atoms with van der Waals surface area (Å²) < 4.78 is 0. The standard InChI is InChI=1S/C15H21NOS/c1-13-2-4-15(5-3-13)18-11-10-16-8-6-14(12-17)7-9-16/h2-5,12,14H,6-11H2,1H3. The zero-order valence-electron chi connectivity index (χ0n) is 11.0. The molecule has 0 atom stereocenters. The van der Waals surface area contributed by atoms with Crippen LogP contribution in [0.5, 0.6) is 0 Å². The highest BCUT2D eigenvalue weighted by atomic mass is 32.2. The Hall–Kier alpha value is -0.800. The molecule has 1 fully saturated rings. The zero-order chi connectivity index (χ0) is 12.8. The Labute approximate surface area is 114 Å². The zero-order valence-corrected chi connectivity index (χ0v) is 11.8. The number of carbonyl (C=O) groups excluding carboxylic acids is 1. The second kappa shape index (κ2) is 6.95. The molecule has 0 amide bonds. The molecule has 18 heavy (non-hydrogen) atoms. The first-order valence-electron chi connectivity index (χ1n) is 6.65. The van der Waals surface area contributed by atoms with E-state index in [-0.39, 0.29) is 0 Å². The maximum Gasteiger partial charge on any atom is 0.123 e. The lowest BCUT2D eigenvalue weighted by Gasteiger charge is -2.29. The van der Waals surface area contributed by atoms with Crippen molar-refractivity contribution in [1.29, 1.82) is 0 Å². The smallest absolute Gasteiger partial charge is 0.123 e. The quantitative estimate of drug-likeness (QED) is 0.601. The second-order valence-electron chi connectivity index (χ2n) is 4.98. The van der Waals surface area contributed by atoms with E-state index in [1.54, 1.807) is 0 Å². The molecular weight excluding hydrogens is 242 g/mol. The molecule has 1 aromatic rings. The van der Waals surface area contributed by atoms with Crippen LogP contribution in [0, 0.1) is 12.8 Å². The number of piperidine rings is 1.